The van der Waals surface area contributed by atoms with E-state index < -0.39 is 33.8 Å². The number of aryl methyl sites for hydroxylation is 2. The zero-order valence-corrected chi connectivity index (χ0v) is 67.1. The van der Waals surface area contributed by atoms with E-state index >= 15 is 0 Å². The Labute approximate surface area is 703 Å². The van der Waals surface area contributed by atoms with Gasteiger partial charge in [-0.25, -0.2) is 34.1 Å². The molecular formula is C71H68BCl3K2N8O20. The number of rotatable bonds is 15. The third-order valence-electron chi connectivity index (χ3n) is 13.6. The topological polar surface area (TPSA) is 387 Å². The molecule has 0 spiro atoms. The number of nitrogens with zero attached hydrogens (tertiary/aromatic N) is 7. The van der Waals surface area contributed by atoms with Crippen LogP contribution in [0, 0.1) is 49.6 Å². The molecule has 0 aliphatic carbocycles. The zero-order valence-electron chi connectivity index (χ0n) is 59.6. The summed E-state index contributed by atoms with van der Waals surface area (Å²) in [5, 5.41) is 42.5. The van der Waals surface area contributed by atoms with Gasteiger partial charge in [0.05, 0.1) is 74.5 Å². The summed E-state index contributed by atoms with van der Waals surface area (Å²) < 4.78 is 31.2. The summed E-state index contributed by atoms with van der Waals surface area (Å²) in [4.78, 5) is 120. The standard InChI is InChI=1S/C15H14N2O4.C14H19BO4.C14H11ClN2O4.C13H10N2O.C9H10O2.C5H2Cl2N2O2.CH2O3.2K.H/c1-3-21-15(18)12-7-5-4-6-11(12)14-13(17(19)20)9-8-10(2)16-14;1-4-17-13(16)11-7-5-6-8-12(11)15-18-9-14(2,3)10-19-15;1-2-21-14(18)10-6-4-3-5-9(10)13-11(17(19)20)7-8-12(15)16-13;1-8-6-7-11-12(14-8)9-4-2-3-5-10(9)13(16)15-11;1-2-11-9(10)8-6-4-3-5-7-8;6-4-2-1-3(9(10)11)5(7)8-4;2-1-4-3;;;/h4-9H,3H2,1-2H3;5-8H,4,9-10H2,1-3H3;3-8H,2H2,1H3;2-7H,1H3,(H,15,16);3-7H,2H2,1H3;1-2H;1,3H;;;/q;;;;;;;2*+1;-1/p-1. The summed E-state index contributed by atoms with van der Waals surface area (Å²) in [5.41, 5.74) is 5.80. The number of benzene rings is 5. The largest absolute Gasteiger partial charge is 1.00 e. The maximum absolute atomic E-state index is 12.0. The molecule has 10 aromatic rings. The number of carbonyl (C=O) groups is 5. The number of nitro groups is 3. The Balaban J connectivity index is 0.000000431. The third-order valence-corrected chi connectivity index (χ3v) is 14.3. The van der Waals surface area contributed by atoms with E-state index in [1.807, 2.05) is 79.7 Å². The van der Waals surface area contributed by atoms with Crippen molar-refractivity contribution in [2.45, 2.75) is 55.4 Å². The fourth-order valence-electron chi connectivity index (χ4n) is 9.06. The second-order valence-corrected chi connectivity index (χ2v) is 22.8. The summed E-state index contributed by atoms with van der Waals surface area (Å²) in [7, 11) is -0.492. The Bertz CT molecular complexity index is 4560. The molecule has 0 unspecified atom stereocenters. The molecule has 1 aliphatic rings. The molecule has 1 N–H and O–H groups in total. The maximum Gasteiger partial charge on any atom is 1.00 e. The number of nitrogens with one attached hydrogen (secondary N) is 1. The predicted molar refractivity (Wildman–Crippen MR) is 384 cm³/mol. The number of hydrogen-bond acceptors (Lipinski definition) is 24. The quantitative estimate of drug-likeness (QED) is 0.0120. The van der Waals surface area contributed by atoms with Crippen LogP contribution < -0.4 is 119 Å². The summed E-state index contributed by atoms with van der Waals surface area (Å²) in [6, 6.07) is 48.6. The van der Waals surface area contributed by atoms with Crippen molar-refractivity contribution in [2.75, 3.05) is 39.6 Å². The van der Waals surface area contributed by atoms with E-state index in [1.165, 1.54) is 36.4 Å². The first-order valence-electron chi connectivity index (χ1n) is 31.0. The molecule has 6 heterocycles. The molecule has 0 saturated carbocycles. The van der Waals surface area contributed by atoms with Crippen LogP contribution in [0.5, 0.6) is 0 Å². The molecule has 1 fully saturated rings. The van der Waals surface area contributed by atoms with Gasteiger partial charge in [-0.15, -0.1) is 0 Å². The van der Waals surface area contributed by atoms with Crippen LogP contribution >= 0.6 is 34.8 Å². The summed E-state index contributed by atoms with van der Waals surface area (Å²) in [5.74, 6) is -1.68. The van der Waals surface area contributed by atoms with Gasteiger partial charge in [0, 0.05) is 70.1 Å². The van der Waals surface area contributed by atoms with Crippen molar-refractivity contribution in [2.24, 2.45) is 5.41 Å². The third kappa shape index (κ3) is 28.2. The minimum atomic E-state index is -0.619. The maximum atomic E-state index is 12.0. The van der Waals surface area contributed by atoms with Crippen molar-refractivity contribution in [3.63, 3.8) is 0 Å². The van der Waals surface area contributed by atoms with Gasteiger partial charge in [0.2, 0.25) is 5.15 Å². The predicted octanol–water partition coefficient (Wildman–Crippen LogP) is 7.36. The van der Waals surface area contributed by atoms with Crippen LogP contribution in [0.15, 0.2) is 181 Å². The Kier molecular flexibility index (Phi) is 40.5. The number of fused-ring (bicyclic) bond motifs is 3. The van der Waals surface area contributed by atoms with Crippen LogP contribution in [0.25, 0.3) is 44.3 Å². The molecule has 5 aromatic heterocycles. The number of hydrogen-bond donors (Lipinski definition) is 1. The number of H-pyrrole nitrogens is 1. The van der Waals surface area contributed by atoms with Crippen molar-refractivity contribution >= 4 is 117 Å². The van der Waals surface area contributed by atoms with Crippen molar-refractivity contribution in [3.05, 3.63) is 266 Å². The molecule has 5 aromatic carbocycles. The summed E-state index contributed by atoms with van der Waals surface area (Å²) in [6.45, 7) is 17.1. The average molecular weight is 1550 g/mol. The molecular weight excluding hydrogens is 1480 g/mol. The van der Waals surface area contributed by atoms with Gasteiger partial charge >= 0.3 is 139 Å². The van der Waals surface area contributed by atoms with Crippen molar-refractivity contribution in [3.8, 4) is 22.5 Å². The first-order valence-corrected chi connectivity index (χ1v) is 32.1. The molecule has 1 saturated heterocycles. The molecule has 28 nitrogen and oxygen atoms in total. The fraction of sp³-hybridized carbons (Fsp3) is 0.211. The minimum absolute atomic E-state index is 0. The van der Waals surface area contributed by atoms with E-state index in [4.69, 9.17) is 73.1 Å². The smallest absolute Gasteiger partial charge is 1.00 e. The first-order chi connectivity index (χ1) is 49.2. The number of halogens is 3. The number of esters is 4. The van der Waals surface area contributed by atoms with Gasteiger partial charge in [0.15, 0.2) is 5.69 Å². The Morgan fingerprint density at radius 2 is 0.933 bits per heavy atom. The van der Waals surface area contributed by atoms with Gasteiger partial charge in [0.1, 0.15) is 16.0 Å². The van der Waals surface area contributed by atoms with Gasteiger partial charge < -0.3 is 44.8 Å². The molecule has 538 valence electrons. The van der Waals surface area contributed by atoms with Gasteiger partial charge in [-0.2, -0.15) is 0 Å². The van der Waals surface area contributed by atoms with Crippen molar-refractivity contribution < 1.29 is 181 Å². The number of carbonyl (C=O) groups excluding carboxylic acids is 5. The van der Waals surface area contributed by atoms with Crippen LogP contribution in [0.2, 0.25) is 15.5 Å². The molecule has 34 heteroatoms. The number of aromatic nitrogens is 5. The summed E-state index contributed by atoms with van der Waals surface area (Å²) in [6.07, 6.45) is 0. The van der Waals surface area contributed by atoms with E-state index in [1.54, 1.807) is 101 Å². The molecule has 0 atom stereocenters. The molecule has 0 radical (unpaired) electrons. The molecule has 1 aliphatic heterocycles. The van der Waals surface area contributed by atoms with E-state index in [0.717, 1.165) is 27.6 Å². The summed E-state index contributed by atoms with van der Waals surface area (Å²) >= 11 is 16.6. The van der Waals surface area contributed by atoms with Gasteiger partial charge in [-0.1, -0.05) is 140 Å². The number of ether oxygens (including phenoxy) is 4. The Morgan fingerprint density at radius 3 is 1.43 bits per heavy atom. The fourth-order valence-corrected chi connectivity index (χ4v) is 9.62. The first kappa shape index (κ1) is 91.0. The second kappa shape index (κ2) is 46.7. The van der Waals surface area contributed by atoms with E-state index in [9.17, 15) is 54.3 Å². The van der Waals surface area contributed by atoms with Crippen LogP contribution in [0.1, 0.15) is 95.8 Å². The van der Waals surface area contributed by atoms with Crippen molar-refractivity contribution in [1.82, 2.24) is 24.9 Å². The Hall–Kier alpha value is -8.19. The van der Waals surface area contributed by atoms with Crippen LogP contribution in [0.4, 0.5) is 17.1 Å². The monoisotopic (exact) mass is 1550 g/mol. The normalized spacial score (nSPS) is 11.2. The van der Waals surface area contributed by atoms with E-state index in [0.29, 0.717) is 59.8 Å². The van der Waals surface area contributed by atoms with Crippen LogP contribution in [-0.4, -0.2) is 117 Å². The van der Waals surface area contributed by atoms with Crippen molar-refractivity contribution in [1.29, 1.82) is 0 Å². The van der Waals surface area contributed by atoms with Gasteiger partial charge in [-0.3, -0.25) is 44.9 Å². The second-order valence-electron chi connectivity index (χ2n) is 21.6. The number of aromatic amines is 1. The van der Waals surface area contributed by atoms with Crippen LogP contribution in [0.3, 0.4) is 0 Å². The minimum Gasteiger partial charge on any atom is -1.00 e. The molecule has 0 bridgehead atoms. The number of pyridine rings is 5. The average Bonchev–Trinajstić information content (AvgIpc) is 0.804. The van der Waals surface area contributed by atoms with Gasteiger partial charge in [-0.05, 0) is 114 Å². The SMILES string of the molecule is CCOC(=O)c1ccccc1.CCOC(=O)c1ccccc1-c1nc(C)ccc1[N+](=O)[O-].CCOC(=O)c1ccccc1-c1nc(Cl)ccc1[N+](=O)[O-].CCOC(=O)c1ccccc1B1OCC(C)(C)CO1.Cc1ccc2[nH]c(=O)c3ccccc3c2n1.O=CO[O-].O=[N+]([O-])c1ccc(Cl)nc1Cl.[H-].[K+].[K+]. The van der Waals surface area contributed by atoms with E-state index in [2.05, 4.69) is 43.7 Å². The van der Waals surface area contributed by atoms with Crippen LogP contribution in [-0.2, 0) is 37.9 Å². The molecule has 0 amide bonds. The molecule has 11 rings (SSSR count). The van der Waals surface area contributed by atoms with E-state index in [-0.39, 0.29) is 202 Å². The Morgan fingerprint density at radius 1 is 0.533 bits per heavy atom. The zero-order chi connectivity index (χ0) is 75.8. The van der Waals surface area contributed by atoms with Gasteiger partial charge in [0.25, 0.3) is 23.4 Å². The molecule has 105 heavy (non-hydrogen) atoms.